The van der Waals surface area contributed by atoms with Gasteiger partial charge >= 0.3 is 12.3 Å². The maximum atomic E-state index is 12.6. The molecule has 2 aliphatic heterocycles. The Morgan fingerprint density at radius 2 is 2.22 bits per heavy atom. The average molecular weight is 283 g/mol. The summed E-state index contributed by atoms with van der Waals surface area (Å²) < 4.78 is 37.8. The quantitative estimate of drug-likeness (QED) is 0.688. The minimum absolute atomic E-state index is 0.0952. The number of hydrogen-bond acceptors (Lipinski definition) is 3. The Morgan fingerprint density at radius 3 is 2.72 bits per heavy atom. The Morgan fingerprint density at radius 1 is 1.61 bits per heavy atom. The molecule has 9 heteroatoms. The smallest absolute Gasteiger partial charge is 0.476 e. The van der Waals surface area contributed by atoms with E-state index < -0.39 is 18.9 Å². The van der Waals surface area contributed by atoms with Crippen LogP contribution >= 0.6 is 11.6 Å². The first-order valence-electron chi connectivity index (χ1n) is 4.82. The number of rotatable bonds is 1. The summed E-state index contributed by atoms with van der Waals surface area (Å²) in [5.74, 6) is -1.18. The van der Waals surface area contributed by atoms with Crippen molar-refractivity contribution in [3.8, 4) is 0 Å². The minimum Gasteiger partial charge on any atom is -0.476 e. The van der Waals surface area contributed by atoms with Crippen molar-refractivity contribution in [3.63, 3.8) is 0 Å². The summed E-state index contributed by atoms with van der Waals surface area (Å²) in [7, 11) is 0. The van der Waals surface area contributed by atoms with Crippen molar-refractivity contribution in [1.29, 1.82) is 0 Å². The largest absolute Gasteiger partial charge is 0.488 e. The number of nitrogens with one attached hydrogen (secondary N) is 1. The number of quaternary nitrogens is 1. The first kappa shape index (κ1) is 12.9. The maximum absolute atomic E-state index is 12.6. The van der Waals surface area contributed by atoms with Gasteiger partial charge in [-0.2, -0.15) is 4.99 Å². The molecule has 0 fully saturated rings. The molecule has 0 aromatic heterocycles. The fourth-order valence-electron chi connectivity index (χ4n) is 1.76. The molecule has 2 heterocycles. The lowest BCUT2D eigenvalue weighted by Gasteiger charge is -2.30. The summed E-state index contributed by atoms with van der Waals surface area (Å²) in [4.78, 5) is 14.9. The monoisotopic (exact) mass is 282 g/mol. The zero-order valence-corrected chi connectivity index (χ0v) is 9.80. The van der Waals surface area contributed by atoms with Crippen LogP contribution < -0.4 is 4.90 Å². The SMILES string of the molecule is CC1=C(C(=O)O)N=C2C(Cl)=CN(C(F)(F)F)C[NH+]21. The molecule has 2 aliphatic rings. The van der Waals surface area contributed by atoms with Crippen LogP contribution in [0.3, 0.4) is 0 Å². The minimum atomic E-state index is -4.56. The molecule has 0 aromatic rings. The Hall–Kier alpha value is -1.54. The molecule has 0 saturated heterocycles. The maximum Gasteiger partial charge on any atom is 0.488 e. The van der Waals surface area contributed by atoms with Gasteiger partial charge in [0, 0.05) is 13.1 Å². The number of hydrogen-bond donors (Lipinski definition) is 2. The van der Waals surface area contributed by atoms with Crippen molar-refractivity contribution >= 4 is 23.4 Å². The summed E-state index contributed by atoms with van der Waals surface area (Å²) in [5.41, 5.74) is -0.0615. The molecule has 2 N–H and O–H groups in total. The summed E-state index contributed by atoms with van der Waals surface area (Å²) in [5, 5.41) is 8.65. The Balaban J connectivity index is 2.40. The predicted molar refractivity (Wildman–Crippen MR) is 55.4 cm³/mol. The number of allylic oxidation sites excluding steroid dienone is 1. The van der Waals surface area contributed by atoms with Crippen LogP contribution in [0.2, 0.25) is 0 Å². The molecule has 0 bridgehead atoms. The van der Waals surface area contributed by atoms with E-state index in [4.69, 9.17) is 16.7 Å². The number of amidine groups is 1. The van der Waals surface area contributed by atoms with Crippen LogP contribution in [0.1, 0.15) is 6.92 Å². The lowest BCUT2D eigenvalue weighted by molar-refractivity contribution is -0.778. The van der Waals surface area contributed by atoms with Gasteiger partial charge in [-0.05, 0) is 0 Å². The summed E-state index contributed by atoms with van der Waals surface area (Å²) in [6.07, 6.45) is -3.85. The van der Waals surface area contributed by atoms with Gasteiger partial charge in [0.2, 0.25) is 5.70 Å². The van der Waals surface area contributed by atoms with Crippen molar-refractivity contribution in [2.75, 3.05) is 6.67 Å². The molecule has 0 aliphatic carbocycles. The zero-order chi connectivity index (χ0) is 13.7. The van der Waals surface area contributed by atoms with Crippen molar-refractivity contribution in [3.05, 3.63) is 22.6 Å². The Bertz CT molecular complexity index is 510. The molecular weight excluding hydrogens is 275 g/mol. The molecule has 0 saturated carbocycles. The third kappa shape index (κ3) is 1.97. The lowest BCUT2D eigenvalue weighted by Crippen LogP contribution is -3.14. The highest BCUT2D eigenvalue weighted by atomic mass is 35.5. The van der Waals surface area contributed by atoms with E-state index in [1.807, 2.05) is 0 Å². The number of aliphatic imine (C=N–C) groups is 1. The predicted octanol–water partition coefficient (Wildman–Crippen LogP) is 0.473. The lowest BCUT2D eigenvalue weighted by atomic mass is 10.3. The van der Waals surface area contributed by atoms with E-state index in [2.05, 4.69) is 4.99 Å². The molecule has 0 radical (unpaired) electrons. The first-order valence-corrected chi connectivity index (χ1v) is 5.20. The number of alkyl halides is 3. The van der Waals surface area contributed by atoms with Crippen LogP contribution in [0.5, 0.6) is 0 Å². The standard InChI is InChI=1S/C9H7ClF3N3O2/c1-4-6(8(17)18)14-7-5(10)2-15(3-16(4)7)9(11,12)13/h2H,3H2,1H3,(H,17,18)/p+1. The fraction of sp³-hybridized carbons (Fsp3) is 0.333. The van der Waals surface area contributed by atoms with E-state index in [0.717, 1.165) is 0 Å². The van der Waals surface area contributed by atoms with Gasteiger partial charge in [0.15, 0.2) is 6.67 Å². The highest BCUT2D eigenvalue weighted by molar-refractivity contribution is 6.42. The molecule has 0 aromatic carbocycles. The first-order chi connectivity index (χ1) is 8.21. The van der Waals surface area contributed by atoms with E-state index in [1.165, 1.54) is 6.92 Å². The summed E-state index contributed by atoms with van der Waals surface area (Å²) in [6.45, 7) is 0.931. The third-order valence-electron chi connectivity index (χ3n) is 2.67. The van der Waals surface area contributed by atoms with Crippen LogP contribution in [0.15, 0.2) is 27.6 Å². The second kappa shape index (κ2) is 3.99. The van der Waals surface area contributed by atoms with Crippen LogP contribution in [-0.2, 0) is 4.79 Å². The van der Waals surface area contributed by atoms with E-state index in [9.17, 15) is 18.0 Å². The zero-order valence-electron chi connectivity index (χ0n) is 9.05. The van der Waals surface area contributed by atoms with Gasteiger partial charge < -0.3 is 5.11 Å². The van der Waals surface area contributed by atoms with Crippen molar-refractivity contribution in [2.45, 2.75) is 13.2 Å². The molecule has 2 rings (SSSR count). The molecular formula is C9H8ClF3N3O2+. The fourth-order valence-corrected chi connectivity index (χ4v) is 2.03. The van der Waals surface area contributed by atoms with E-state index in [1.54, 1.807) is 0 Å². The van der Waals surface area contributed by atoms with Gasteiger partial charge in [-0.3, -0.25) is 0 Å². The summed E-state index contributed by atoms with van der Waals surface area (Å²) >= 11 is 5.70. The van der Waals surface area contributed by atoms with Crippen LogP contribution in [0.25, 0.3) is 0 Å². The molecule has 5 nitrogen and oxygen atoms in total. The Kier molecular flexibility index (Phi) is 2.86. The molecule has 0 spiro atoms. The van der Waals surface area contributed by atoms with Gasteiger partial charge in [-0.25, -0.2) is 14.6 Å². The second-order valence-electron chi connectivity index (χ2n) is 3.79. The van der Waals surface area contributed by atoms with Gasteiger partial charge in [0.1, 0.15) is 10.7 Å². The van der Waals surface area contributed by atoms with Gasteiger partial charge in [0.25, 0.3) is 5.84 Å². The number of fused-ring (bicyclic) bond motifs is 1. The van der Waals surface area contributed by atoms with Gasteiger partial charge in [-0.15, -0.1) is 13.2 Å². The topological polar surface area (TPSA) is 57.3 Å². The Labute approximate surface area is 104 Å². The highest BCUT2D eigenvalue weighted by Crippen LogP contribution is 2.25. The van der Waals surface area contributed by atoms with E-state index >= 15 is 0 Å². The van der Waals surface area contributed by atoms with Gasteiger partial charge in [-0.1, -0.05) is 11.6 Å². The third-order valence-corrected chi connectivity index (χ3v) is 2.95. The number of carboxylic acid groups (broad SMARTS) is 1. The highest BCUT2D eigenvalue weighted by Gasteiger charge is 2.46. The molecule has 98 valence electrons. The normalized spacial score (nSPS) is 23.8. The summed E-state index contributed by atoms with van der Waals surface area (Å²) in [6, 6.07) is 0. The van der Waals surface area contributed by atoms with Crippen molar-refractivity contribution in [2.24, 2.45) is 4.99 Å². The van der Waals surface area contributed by atoms with Gasteiger partial charge in [0.05, 0.1) is 0 Å². The van der Waals surface area contributed by atoms with Crippen LogP contribution in [-0.4, -0.2) is 34.8 Å². The number of carbonyl (C=O) groups is 1. The van der Waals surface area contributed by atoms with E-state index in [-0.39, 0.29) is 32.1 Å². The number of nitrogens with zero attached hydrogens (tertiary/aromatic N) is 2. The molecule has 1 atom stereocenters. The molecule has 18 heavy (non-hydrogen) atoms. The van der Waals surface area contributed by atoms with E-state index in [0.29, 0.717) is 6.20 Å². The number of halogens is 4. The molecule has 1 unspecified atom stereocenters. The van der Waals surface area contributed by atoms with Crippen molar-refractivity contribution in [1.82, 2.24) is 4.90 Å². The molecule has 0 amide bonds. The number of carboxylic acids is 1. The van der Waals surface area contributed by atoms with Crippen molar-refractivity contribution < 1.29 is 28.0 Å². The average Bonchev–Trinajstić information content (AvgIpc) is 2.56. The number of aliphatic carboxylic acids is 1. The van der Waals surface area contributed by atoms with Crippen LogP contribution in [0.4, 0.5) is 13.2 Å². The van der Waals surface area contributed by atoms with Crippen LogP contribution in [0, 0.1) is 0 Å². The second-order valence-corrected chi connectivity index (χ2v) is 4.20.